The number of carbonyl (C=O) groups excluding carboxylic acids is 2. The first-order valence-corrected chi connectivity index (χ1v) is 4.35. The van der Waals surface area contributed by atoms with Crippen molar-refractivity contribution in [3.63, 3.8) is 0 Å². The molecule has 2 unspecified atom stereocenters. The molecule has 5 heteroatoms. The Morgan fingerprint density at radius 1 is 1.62 bits per heavy atom. The minimum absolute atomic E-state index is 0.0755. The van der Waals surface area contributed by atoms with Crippen LogP contribution < -0.4 is 11.1 Å². The Hall–Kier alpha value is -1.10. The maximum Gasteiger partial charge on any atom is 0.319 e. The van der Waals surface area contributed by atoms with Crippen LogP contribution in [0, 0.1) is 0 Å². The molecule has 0 aromatic heterocycles. The van der Waals surface area contributed by atoms with Gasteiger partial charge in [0.25, 0.3) is 0 Å². The molecular weight excluding hydrogens is 172 g/mol. The van der Waals surface area contributed by atoms with E-state index in [1.165, 1.54) is 0 Å². The molecule has 5 nitrogen and oxygen atoms in total. The highest BCUT2D eigenvalue weighted by atomic mass is 16.5. The molecule has 0 radical (unpaired) electrons. The number of amides is 1. The van der Waals surface area contributed by atoms with Crippen molar-refractivity contribution in [2.75, 3.05) is 6.54 Å². The molecule has 1 aliphatic carbocycles. The maximum atomic E-state index is 10.8. The van der Waals surface area contributed by atoms with Gasteiger partial charge in [0.05, 0.1) is 6.54 Å². The van der Waals surface area contributed by atoms with Crippen molar-refractivity contribution in [1.82, 2.24) is 5.32 Å². The number of carbonyl (C=O) groups is 2. The molecule has 0 spiro atoms. The van der Waals surface area contributed by atoms with Gasteiger partial charge in [-0.2, -0.15) is 0 Å². The topological polar surface area (TPSA) is 81.4 Å². The van der Waals surface area contributed by atoms with E-state index in [4.69, 9.17) is 10.5 Å². The second-order valence-electron chi connectivity index (χ2n) is 3.11. The summed E-state index contributed by atoms with van der Waals surface area (Å²) in [4.78, 5) is 20.9. The van der Waals surface area contributed by atoms with E-state index in [0.29, 0.717) is 12.8 Å². The minimum atomic E-state index is -0.378. The Morgan fingerprint density at radius 3 is 3.00 bits per heavy atom. The average molecular weight is 186 g/mol. The maximum absolute atomic E-state index is 10.8. The van der Waals surface area contributed by atoms with E-state index in [1.807, 2.05) is 0 Å². The summed E-state index contributed by atoms with van der Waals surface area (Å²) >= 11 is 0. The van der Waals surface area contributed by atoms with Crippen LogP contribution in [0.4, 0.5) is 0 Å². The summed E-state index contributed by atoms with van der Waals surface area (Å²) in [7, 11) is 0. The normalized spacial score (nSPS) is 26.8. The van der Waals surface area contributed by atoms with Gasteiger partial charge in [0.15, 0.2) is 0 Å². The van der Waals surface area contributed by atoms with Gasteiger partial charge in [-0.05, 0) is 12.8 Å². The molecule has 3 N–H and O–H groups in total. The number of hydrogen-bond donors (Lipinski definition) is 2. The van der Waals surface area contributed by atoms with Crippen molar-refractivity contribution in [1.29, 1.82) is 0 Å². The van der Waals surface area contributed by atoms with Crippen molar-refractivity contribution in [3.05, 3.63) is 0 Å². The van der Waals surface area contributed by atoms with E-state index in [2.05, 4.69) is 5.32 Å². The Labute approximate surface area is 76.6 Å². The van der Waals surface area contributed by atoms with Crippen LogP contribution >= 0.6 is 0 Å². The Morgan fingerprint density at radius 2 is 2.38 bits per heavy atom. The van der Waals surface area contributed by atoms with Crippen LogP contribution in [0.2, 0.25) is 0 Å². The molecule has 0 aromatic rings. The number of rotatable bonds is 4. The molecule has 1 fully saturated rings. The van der Waals surface area contributed by atoms with Crippen molar-refractivity contribution >= 4 is 12.4 Å². The molecule has 74 valence electrons. The van der Waals surface area contributed by atoms with Crippen molar-refractivity contribution in [2.24, 2.45) is 5.73 Å². The lowest BCUT2D eigenvalue weighted by molar-refractivity contribution is -0.146. The Kier molecular flexibility index (Phi) is 3.70. The molecule has 0 saturated heterocycles. The summed E-state index contributed by atoms with van der Waals surface area (Å²) in [5.41, 5.74) is 5.10. The second kappa shape index (κ2) is 4.81. The molecule has 0 aromatic carbocycles. The van der Waals surface area contributed by atoms with E-state index in [0.717, 1.165) is 12.8 Å². The fourth-order valence-electron chi connectivity index (χ4n) is 1.53. The molecule has 1 amide bonds. The van der Waals surface area contributed by atoms with Gasteiger partial charge in [-0.25, -0.2) is 0 Å². The predicted molar refractivity (Wildman–Crippen MR) is 45.8 cm³/mol. The summed E-state index contributed by atoms with van der Waals surface area (Å²) in [6.07, 6.45) is 2.97. The zero-order chi connectivity index (χ0) is 9.68. The van der Waals surface area contributed by atoms with Gasteiger partial charge in [0.2, 0.25) is 6.41 Å². The van der Waals surface area contributed by atoms with E-state index < -0.39 is 0 Å². The molecule has 1 saturated carbocycles. The van der Waals surface area contributed by atoms with Gasteiger partial charge in [0.1, 0.15) is 6.10 Å². The first-order chi connectivity index (χ1) is 6.26. The second-order valence-corrected chi connectivity index (χ2v) is 3.11. The van der Waals surface area contributed by atoms with E-state index >= 15 is 0 Å². The Balaban J connectivity index is 2.24. The van der Waals surface area contributed by atoms with Crippen LogP contribution in [0.25, 0.3) is 0 Å². The van der Waals surface area contributed by atoms with Crippen LogP contribution in [-0.4, -0.2) is 31.1 Å². The van der Waals surface area contributed by atoms with Crippen molar-refractivity contribution in [3.8, 4) is 0 Å². The van der Waals surface area contributed by atoms with E-state index in [-0.39, 0.29) is 24.7 Å². The predicted octanol–water partition coefficient (Wildman–Crippen LogP) is -0.845. The van der Waals surface area contributed by atoms with Gasteiger partial charge < -0.3 is 15.8 Å². The summed E-state index contributed by atoms with van der Waals surface area (Å²) in [5, 5.41) is 2.66. The standard InChI is InChI=1S/C8H14N2O3/c9-4-8(12)13-7-2-1-6(3-7)10-5-11/h5-7H,1-4,9H2,(H,10,11). The fourth-order valence-corrected chi connectivity index (χ4v) is 1.53. The Bertz CT molecular complexity index is 196. The van der Waals surface area contributed by atoms with Crippen molar-refractivity contribution < 1.29 is 14.3 Å². The summed E-state index contributed by atoms with van der Waals surface area (Å²) in [6, 6.07) is 0.146. The first kappa shape index (κ1) is 9.98. The minimum Gasteiger partial charge on any atom is -0.461 e. The molecule has 1 rings (SSSR count). The van der Waals surface area contributed by atoms with E-state index in [9.17, 15) is 9.59 Å². The highest BCUT2D eigenvalue weighted by Crippen LogP contribution is 2.21. The van der Waals surface area contributed by atoms with Gasteiger partial charge in [0, 0.05) is 12.5 Å². The van der Waals surface area contributed by atoms with Crippen LogP contribution in [0.1, 0.15) is 19.3 Å². The summed E-state index contributed by atoms with van der Waals surface area (Å²) in [6.45, 7) is -0.0811. The summed E-state index contributed by atoms with van der Waals surface area (Å²) < 4.78 is 5.02. The third-order valence-electron chi connectivity index (χ3n) is 2.15. The molecule has 0 bridgehead atoms. The number of hydrogen-bond acceptors (Lipinski definition) is 4. The van der Waals surface area contributed by atoms with Crippen LogP contribution in [-0.2, 0) is 14.3 Å². The largest absolute Gasteiger partial charge is 0.461 e. The zero-order valence-corrected chi connectivity index (χ0v) is 7.36. The molecule has 13 heavy (non-hydrogen) atoms. The number of ether oxygens (including phenoxy) is 1. The molecule has 0 heterocycles. The smallest absolute Gasteiger partial charge is 0.319 e. The fraction of sp³-hybridized carbons (Fsp3) is 0.750. The van der Waals surface area contributed by atoms with Crippen LogP contribution in [0.5, 0.6) is 0 Å². The highest BCUT2D eigenvalue weighted by molar-refractivity contribution is 5.71. The van der Waals surface area contributed by atoms with Crippen LogP contribution in [0.15, 0.2) is 0 Å². The third-order valence-corrected chi connectivity index (χ3v) is 2.15. The molecular formula is C8H14N2O3. The quantitative estimate of drug-likeness (QED) is 0.443. The molecule has 1 aliphatic rings. The lowest BCUT2D eigenvalue weighted by atomic mass is 10.2. The van der Waals surface area contributed by atoms with Gasteiger partial charge in [-0.15, -0.1) is 0 Å². The highest BCUT2D eigenvalue weighted by Gasteiger charge is 2.26. The lowest BCUT2D eigenvalue weighted by Gasteiger charge is -2.11. The van der Waals surface area contributed by atoms with Gasteiger partial charge in [-0.3, -0.25) is 9.59 Å². The summed E-state index contributed by atoms with van der Waals surface area (Å²) in [5.74, 6) is -0.378. The molecule has 0 aliphatic heterocycles. The van der Waals surface area contributed by atoms with Crippen molar-refractivity contribution in [2.45, 2.75) is 31.4 Å². The van der Waals surface area contributed by atoms with Gasteiger partial charge in [-0.1, -0.05) is 0 Å². The van der Waals surface area contributed by atoms with Gasteiger partial charge >= 0.3 is 5.97 Å². The number of nitrogens with one attached hydrogen (secondary N) is 1. The average Bonchev–Trinajstić information content (AvgIpc) is 2.53. The van der Waals surface area contributed by atoms with E-state index in [1.54, 1.807) is 0 Å². The monoisotopic (exact) mass is 186 g/mol. The zero-order valence-electron chi connectivity index (χ0n) is 7.36. The lowest BCUT2D eigenvalue weighted by Crippen LogP contribution is -2.27. The van der Waals surface area contributed by atoms with Crippen LogP contribution in [0.3, 0.4) is 0 Å². The molecule has 2 atom stereocenters. The number of esters is 1. The number of nitrogens with two attached hydrogens (primary N) is 1. The third kappa shape index (κ3) is 3.02. The first-order valence-electron chi connectivity index (χ1n) is 4.35. The SMILES string of the molecule is NCC(=O)OC1CCC(NC=O)C1.